The molecule has 2 rings (SSSR count). The van der Waals surface area contributed by atoms with E-state index in [4.69, 9.17) is 4.74 Å². The molecule has 1 N–H and O–H groups in total. The Labute approximate surface area is 121 Å². The number of aliphatic hydroxyl groups excluding tert-OH is 1. The maximum Gasteiger partial charge on any atom is 0.390 e. The van der Waals surface area contributed by atoms with E-state index in [0.29, 0.717) is 11.4 Å². The van der Waals surface area contributed by atoms with Crippen LogP contribution < -0.4 is 4.74 Å². The van der Waals surface area contributed by atoms with Crippen LogP contribution in [0.1, 0.15) is 11.3 Å². The molecule has 0 bridgehead atoms. The van der Waals surface area contributed by atoms with E-state index in [-0.39, 0.29) is 19.0 Å². The van der Waals surface area contributed by atoms with Crippen LogP contribution in [0.3, 0.4) is 0 Å². The molecule has 1 aromatic heterocycles. The van der Waals surface area contributed by atoms with Crippen LogP contribution in [0.4, 0.5) is 5.82 Å². The van der Waals surface area contributed by atoms with E-state index in [9.17, 15) is 15.2 Å². The summed E-state index contributed by atoms with van der Waals surface area (Å²) < 4.78 is 6.95. The second kappa shape index (κ2) is 6.36. The third-order valence-corrected chi connectivity index (χ3v) is 3.06. The molecule has 0 aliphatic rings. The third kappa shape index (κ3) is 3.79. The zero-order chi connectivity index (χ0) is 15.4. The summed E-state index contributed by atoms with van der Waals surface area (Å²) in [4.78, 5) is 10.1. The first kappa shape index (κ1) is 15.0. The molecule has 0 radical (unpaired) electrons. The molecule has 21 heavy (non-hydrogen) atoms. The number of aliphatic hydroxyl groups is 1. The monoisotopic (exact) mass is 291 g/mol. The Balaban J connectivity index is 1.94. The quantitative estimate of drug-likeness (QED) is 0.648. The van der Waals surface area contributed by atoms with E-state index < -0.39 is 11.0 Å². The number of aryl methyl sites for hydroxylation is 2. The van der Waals surface area contributed by atoms with E-state index >= 15 is 0 Å². The molecule has 0 aliphatic heterocycles. The molecule has 0 fully saturated rings. The second-order valence-corrected chi connectivity index (χ2v) is 4.81. The van der Waals surface area contributed by atoms with Crippen LogP contribution in [-0.4, -0.2) is 32.5 Å². The van der Waals surface area contributed by atoms with Gasteiger partial charge in [0.1, 0.15) is 18.5 Å². The largest absolute Gasteiger partial charge is 0.491 e. The highest BCUT2D eigenvalue weighted by Gasteiger charge is 2.18. The number of para-hydroxylation sites is 1. The van der Waals surface area contributed by atoms with Gasteiger partial charge in [0, 0.05) is 0 Å². The second-order valence-electron chi connectivity index (χ2n) is 4.81. The first-order valence-corrected chi connectivity index (χ1v) is 6.52. The van der Waals surface area contributed by atoms with Gasteiger partial charge in [0.2, 0.25) is 0 Å². The molecule has 1 atom stereocenters. The molecule has 0 saturated carbocycles. The molecule has 0 spiro atoms. The fourth-order valence-corrected chi connectivity index (χ4v) is 1.92. The molecule has 0 aliphatic carbocycles. The molecular formula is C14H17N3O4. The molecule has 0 amide bonds. The van der Waals surface area contributed by atoms with Crippen LogP contribution >= 0.6 is 0 Å². The first-order valence-electron chi connectivity index (χ1n) is 6.52. The zero-order valence-corrected chi connectivity index (χ0v) is 11.9. The van der Waals surface area contributed by atoms with Gasteiger partial charge in [0.15, 0.2) is 0 Å². The molecule has 1 heterocycles. The molecule has 0 saturated heterocycles. The van der Waals surface area contributed by atoms with Gasteiger partial charge >= 0.3 is 5.82 Å². The van der Waals surface area contributed by atoms with Crippen LogP contribution in [0.15, 0.2) is 30.3 Å². The summed E-state index contributed by atoms with van der Waals surface area (Å²) >= 11 is 0. The van der Waals surface area contributed by atoms with Crippen LogP contribution in [0.5, 0.6) is 5.75 Å². The number of aromatic nitrogens is 2. The van der Waals surface area contributed by atoms with Gasteiger partial charge in [0.05, 0.1) is 23.4 Å². The Morgan fingerprint density at radius 3 is 2.76 bits per heavy atom. The lowest BCUT2D eigenvalue weighted by molar-refractivity contribution is -0.389. The SMILES string of the molecule is Cc1ccccc1OC[C@H](O)Cn1nc([N+](=O)[O-])cc1C. The zero-order valence-electron chi connectivity index (χ0n) is 11.9. The number of nitro groups is 1. The van der Waals surface area contributed by atoms with Gasteiger partial charge in [-0.05, 0) is 30.4 Å². The summed E-state index contributed by atoms with van der Waals surface area (Å²) in [6.07, 6.45) is -0.803. The summed E-state index contributed by atoms with van der Waals surface area (Å²) in [6, 6.07) is 8.88. The average Bonchev–Trinajstić information content (AvgIpc) is 2.79. The number of hydrogen-bond donors (Lipinski definition) is 1. The van der Waals surface area contributed by atoms with Crippen molar-refractivity contribution in [3.05, 3.63) is 51.7 Å². The average molecular weight is 291 g/mol. The first-order chi connectivity index (χ1) is 9.97. The topological polar surface area (TPSA) is 90.4 Å². The van der Waals surface area contributed by atoms with Crippen molar-refractivity contribution in [1.29, 1.82) is 0 Å². The van der Waals surface area contributed by atoms with Crippen molar-refractivity contribution in [2.75, 3.05) is 6.61 Å². The fraction of sp³-hybridized carbons (Fsp3) is 0.357. The molecule has 7 heteroatoms. The Hall–Kier alpha value is -2.41. The predicted octanol–water partition coefficient (Wildman–Crippen LogP) is 1.85. The summed E-state index contributed by atoms with van der Waals surface area (Å²) in [6.45, 7) is 3.86. The number of benzene rings is 1. The Kier molecular flexibility index (Phi) is 4.54. The van der Waals surface area contributed by atoms with Crippen LogP contribution in [0.2, 0.25) is 0 Å². The van der Waals surface area contributed by atoms with Gasteiger partial charge in [0.25, 0.3) is 0 Å². The van der Waals surface area contributed by atoms with E-state index in [1.807, 2.05) is 31.2 Å². The highest BCUT2D eigenvalue weighted by Crippen LogP contribution is 2.17. The Bertz CT molecular complexity index is 639. The molecule has 112 valence electrons. The lowest BCUT2D eigenvalue weighted by Crippen LogP contribution is -2.25. The van der Waals surface area contributed by atoms with Crippen molar-refractivity contribution in [3.63, 3.8) is 0 Å². The maximum absolute atomic E-state index is 10.6. The van der Waals surface area contributed by atoms with Crippen molar-refractivity contribution >= 4 is 5.82 Å². The number of nitrogens with zero attached hydrogens (tertiary/aromatic N) is 3. The Morgan fingerprint density at radius 2 is 2.14 bits per heavy atom. The normalized spacial score (nSPS) is 12.1. The number of hydrogen-bond acceptors (Lipinski definition) is 5. The van der Waals surface area contributed by atoms with E-state index in [0.717, 1.165) is 5.56 Å². The fourth-order valence-electron chi connectivity index (χ4n) is 1.92. The molecular weight excluding hydrogens is 274 g/mol. The van der Waals surface area contributed by atoms with E-state index in [1.54, 1.807) is 6.92 Å². The number of rotatable bonds is 6. The lowest BCUT2D eigenvalue weighted by Gasteiger charge is -2.13. The van der Waals surface area contributed by atoms with Gasteiger partial charge in [-0.2, -0.15) is 4.68 Å². The van der Waals surface area contributed by atoms with E-state index in [1.165, 1.54) is 10.7 Å². The van der Waals surface area contributed by atoms with Crippen LogP contribution in [0.25, 0.3) is 0 Å². The highest BCUT2D eigenvalue weighted by atomic mass is 16.6. The molecule has 0 unspecified atom stereocenters. The predicted molar refractivity (Wildman–Crippen MR) is 76.3 cm³/mol. The summed E-state index contributed by atoms with van der Waals surface area (Å²) in [5.74, 6) is 0.485. The smallest absolute Gasteiger partial charge is 0.390 e. The van der Waals surface area contributed by atoms with Gasteiger partial charge in [-0.15, -0.1) is 0 Å². The minimum atomic E-state index is -0.803. The van der Waals surface area contributed by atoms with Crippen LogP contribution in [-0.2, 0) is 6.54 Å². The van der Waals surface area contributed by atoms with Gasteiger partial charge in [-0.3, -0.25) is 0 Å². The standard InChI is InChI=1S/C14H17N3O4/c1-10-5-3-4-6-13(10)21-9-12(18)8-16-11(2)7-14(15-16)17(19)20/h3-7,12,18H,8-9H2,1-2H3/t12-/m1/s1. The maximum atomic E-state index is 10.6. The minimum absolute atomic E-state index is 0.0952. The van der Waals surface area contributed by atoms with E-state index in [2.05, 4.69) is 5.10 Å². The Morgan fingerprint density at radius 1 is 1.43 bits per heavy atom. The van der Waals surface area contributed by atoms with Gasteiger partial charge in [-0.1, -0.05) is 18.2 Å². The molecule has 7 nitrogen and oxygen atoms in total. The summed E-state index contributed by atoms with van der Waals surface area (Å²) in [7, 11) is 0. The molecule has 2 aromatic rings. The number of ether oxygens (including phenoxy) is 1. The van der Waals surface area contributed by atoms with Gasteiger partial charge in [-0.25, -0.2) is 0 Å². The molecule has 1 aromatic carbocycles. The lowest BCUT2D eigenvalue weighted by atomic mass is 10.2. The van der Waals surface area contributed by atoms with Crippen molar-refractivity contribution in [3.8, 4) is 5.75 Å². The van der Waals surface area contributed by atoms with Gasteiger partial charge < -0.3 is 20.0 Å². The van der Waals surface area contributed by atoms with Crippen molar-refractivity contribution in [2.45, 2.75) is 26.5 Å². The van der Waals surface area contributed by atoms with Crippen molar-refractivity contribution in [2.24, 2.45) is 0 Å². The summed E-state index contributed by atoms with van der Waals surface area (Å²) in [5.41, 5.74) is 1.60. The van der Waals surface area contributed by atoms with Crippen molar-refractivity contribution < 1.29 is 14.8 Å². The summed E-state index contributed by atoms with van der Waals surface area (Å²) in [5, 5.41) is 24.4. The van der Waals surface area contributed by atoms with Crippen LogP contribution in [0, 0.1) is 24.0 Å². The third-order valence-electron chi connectivity index (χ3n) is 3.06. The highest BCUT2D eigenvalue weighted by molar-refractivity contribution is 5.31. The minimum Gasteiger partial charge on any atom is -0.491 e. The van der Waals surface area contributed by atoms with Crippen molar-refractivity contribution in [1.82, 2.24) is 9.78 Å².